The fraction of sp³-hybridized carbons (Fsp3) is 0.818. The third kappa shape index (κ3) is 36.5. The van der Waals surface area contributed by atoms with Gasteiger partial charge >= 0.3 is 21.7 Å². The smallest absolute Gasteiger partial charge is 0.397 e. The second-order valence-electron chi connectivity index (χ2n) is 2.52. The molecule has 1 heterocycles. The molecule has 4 nitrogen and oxygen atoms in total. The molecule has 0 aliphatic carbocycles. The van der Waals surface area contributed by atoms with Crippen LogP contribution in [0.15, 0.2) is 0 Å². The maximum absolute atomic E-state index is 7.57. The summed E-state index contributed by atoms with van der Waals surface area (Å²) in [6.07, 6.45) is 1.26. The van der Waals surface area contributed by atoms with E-state index in [1.807, 2.05) is 0 Å². The summed E-state index contributed by atoms with van der Waals surface area (Å²) < 4.78 is 10.0. The molecule has 0 aromatic heterocycles. The topological polar surface area (TPSA) is 62.2 Å². The summed E-state index contributed by atoms with van der Waals surface area (Å²) in [5.74, 6) is 0. The first-order valence-electron chi connectivity index (χ1n) is 4.96. The number of aliphatic hydroxyl groups excluding tert-OH is 2. The fourth-order valence-corrected chi connectivity index (χ4v) is 0.481. The molecule has 16 heavy (non-hydrogen) atoms. The zero-order valence-corrected chi connectivity index (χ0v) is 12.3. The first kappa shape index (κ1) is 25.4. The van der Waals surface area contributed by atoms with Crippen molar-refractivity contribution >= 4 is 0 Å². The molecule has 0 radical (unpaired) electrons. The number of hydrogen-bond acceptors (Lipinski definition) is 4. The van der Waals surface area contributed by atoms with E-state index in [0.29, 0.717) is 6.10 Å². The van der Waals surface area contributed by atoms with Crippen molar-refractivity contribution in [1.29, 1.82) is 0 Å². The number of epoxide rings is 1. The van der Waals surface area contributed by atoms with E-state index in [2.05, 4.69) is 6.92 Å². The van der Waals surface area contributed by atoms with E-state index in [9.17, 15) is 0 Å². The summed E-state index contributed by atoms with van der Waals surface area (Å²) >= 11 is 0. The van der Waals surface area contributed by atoms with Gasteiger partial charge in [-0.2, -0.15) is 6.42 Å². The largest absolute Gasteiger partial charge is 2.00 e. The molecular weight excluding hydrogens is 244 g/mol. The third-order valence-corrected chi connectivity index (χ3v) is 0.995. The molecule has 0 bridgehead atoms. The monoisotopic (exact) mass is 270 g/mol. The Morgan fingerprint density at radius 3 is 1.94 bits per heavy atom. The van der Waals surface area contributed by atoms with E-state index in [-0.39, 0.29) is 42.4 Å². The Morgan fingerprint density at radius 1 is 1.31 bits per heavy atom. The van der Waals surface area contributed by atoms with E-state index in [1.54, 1.807) is 13.8 Å². The van der Waals surface area contributed by atoms with Crippen LogP contribution in [0.5, 0.6) is 0 Å². The second kappa shape index (κ2) is 24.7. The first-order chi connectivity index (χ1) is 6.76. The van der Waals surface area contributed by atoms with Crippen molar-refractivity contribution in [2.45, 2.75) is 26.4 Å². The summed E-state index contributed by atoms with van der Waals surface area (Å²) in [5.41, 5.74) is 0. The molecule has 1 fully saturated rings. The Bertz CT molecular complexity index is 88.1. The van der Waals surface area contributed by atoms with Gasteiger partial charge in [0.25, 0.3) is 0 Å². The van der Waals surface area contributed by atoms with Gasteiger partial charge in [0, 0.05) is 19.8 Å². The Hall–Kier alpha value is 0.554. The van der Waals surface area contributed by atoms with Gasteiger partial charge in [0.05, 0.1) is 13.2 Å². The molecule has 1 unspecified atom stereocenters. The Labute approximate surface area is 115 Å². The molecule has 2 N–H and O–H groups in total. The van der Waals surface area contributed by atoms with Crippen molar-refractivity contribution in [2.24, 2.45) is 0 Å². The van der Waals surface area contributed by atoms with Crippen LogP contribution in [-0.2, 0) is 31.2 Å². The zero-order valence-electron chi connectivity index (χ0n) is 10.7. The van der Waals surface area contributed by atoms with Crippen LogP contribution in [0.2, 0.25) is 0 Å². The summed E-state index contributed by atoms with van der Waals surface area (Å²) in [7, 11) is 0. The van der Waals surface area contributed by atoms with E-state index in [0.717, 1.165) is 26.2 Å². The quantitative estimate of drug-likeness (QED) is 0.347. The standard InChI is InChI=1S/C6H11O2.2C2H6O.CH3.Ti/c1-2-3-7-4-6-5-8-6;2*1-2-3;;/h6H,1-5H2;2*3H,2H2,1H3;1H3;/q-1;;;-1;+2. The van der Waals surface area contributed by atoms with Crippen molar-refractivity contribution in [3.63, 3.8) is 0 Å². The Morgan fingerprint density at radius 2 is 1.69 bits per heavy atom. The van der Waals surface area contributed by atoms with Crippen LogP contribution in [0.3, 0.4) is 0 Å². The number of ether oxygens (including phenoxy) is 2. The summed E-state index contributed by atoms with van der Waals surface area (Å²) in [5, 5.41) is 15.1. The van der Waals surface area contributed by atoms with Crippen molar-refractivity contribution < 1.29 is 41.4 Å². The van der Waals surface area contributed by atoms with Crippen LogP contribution >= 0.6 is 0 Å². The van der Waals surface area contributed by atoms with Gasteiger partial charge in [0.15, 0.2) is 0 Å². The molecule has 1 aliphatic rings. The summed E-state index contributed by atoms with van der Waals surface area (Å²) in [6.45, 7) is 9.91. The Kier molecular flexibility index (Phi) is 39.2. The molecule has 5 heteroatoms. The Balaban J connectivity index is -0.0000000785. The van der Waals surface area contributed by atoms with Gasteiger partial charge in [-0.15, -0.1) is 0 Å². The maximum atomic E-state index is 7.57. The first-order valence-corrected chi connectivity index (χ1v) is 4.96. The van der Waals surface area contributed by atoms with E-state index < -0.39 is 0 Å². The molecular formula is C11H26O4Ti. The fourth-order valence-electron chi connectivity index (χ4n) is 0.481. The number of aliphatic hydroxyl groups is 2. The van der Waals surface area contributed by atoms with Crippen LogP contribution < -0.4 is 0 Å². The average molecular weight is 270 g/mol. The van der Waals surface area contributed by atoms with Crippen LogP contribution in [0.1, 0.15) is 20.3 Å². The molecule has 0 amide bonds. The van der Waals surface area contributed by atoms with E-state index in [4.69, 9.17) is 19.7 Å². The van der Waals surface area contributed by atoms with Gasteiger partial charge in [-0.05, 0) is 13.8 Å². The summed E-state index contributed by atoms with van der Waals surface area (Å²) in [4.78, 5) is 0. The molecule has 0 spiro atoms. The molecule has 98 valence electrons. The van der Waals surface area contributed by atoms with Crippen LogP contribution in [0.4, 0.5) is 0 Å². The molecule has 0 aromatic rings. The van der Waals surface area contributed by atoms with Gasteiger partial charge in [-0.25, -0.2) is 0 Å². The van der Waals surface area contributed by atoms with Gasteiger partial charge in [0.2, 0.25) is 0 Å². The average Bonchev–Trinajstić information content (AvgIpc) is 2.91. The zero-order chi connectivity index (χ0) is 11.2. The predicted octanol–water partition coefficient (Wildman–Crippen LogP) is 1.07. The van der Waals surface area contributed by atoms with Crippen molar-refractivity contribution in [3.05, 3.63) is 14.4 Å². The number of hydrogen-bond donors (Lipinski definition) is 2. The van der Waals surface area contributed by atoms with Crippen LogP contribution in [0, 0.1) is 14.4 Å². The molecule has 1 aliphatic heterocycles. The third-order valence-electron chi connectivity index (χ3n) is 0.995. The molecule has 0 saturated carbocycles. The minimum atomic E-state index is 0. The molecule has 1 saturated heterocycles. The van der Waals surface area contributed by atoms with Gasteiger partial charge < -0.3 is 34.0 Å². The van der Waals surface area contributed by atoms with Gasteiger partial charge in [-0.3, -0.25) is 0 Å². The predicted molar refractivity (Wildman–Crippen MR) is 62.5 cm³/mol. The van der Waals surface area contributed by atoms with Crippen molar-refractivity contribution in [1.82, 2.24) is 0 Å². The number of rotatable bonds is 4. The van der Waals surface area contributed by atoms with Gasteiger partial charge in [-0.1, -0.05) is 0 Å². The summed E-state index contributed by atoms with van der Waals surface area (Å²) in [6, 6.07) is 0. The molecule has 1 rings (SSSR count). The maximum Gasteiger partial charge on any atom is 2.00 e. The van der Waals surface area contributed by atoms with Crippen LogP contribution in [0.25, 0.3) is 0 Å². The van der Waals surface area contributed by atoms with Gasteiger partial charge in [0.1, 0.15) is 6.10 Å². The second-order valence-corrected chi connectivity index (χ2v) is 2.52. The van der Waals surface area contributed by atoms with Crippen molar-refractivity contribution in [2.75, 3.05) is 33.0 Å². The molecule has 1 atom stereocenters. The minimum Gasteiger partial charge on any atom is -0.397 e. The van der Waals surface area contributed by atoms with E-state index in [1.165, 1.54) is 0 Å². The molecule has 0 aromatic carbocycles. The SMILES string of the molecule is CCO.CCO.[CH2-]CCOCC1CO1.[CH3-].[Ti+2]. The van der Waals surface area contributed by atoms with Crippen molar-refractivity contribution in [3.8, 4) is 0 Å². The van der Waals surface area contributed by atoms with Crippen LogP contribution in [-0.4, -0.2) is 49.4 Å². The van der Waals surface area contributed by atoms with E-state index >= 15 is 0 Å². The minimum absolute atomic E-state index is 0. The normalized spacial score (nSPS) is 15.2.